The summed E-state index contributed by atoms with van der Waals surface area (Å²) in [6.45, 7) is 3.59. The smallest absolute Gasteiger partial charge is 0.126 e. The van der Waals surface area contributed by atoms with Gasteiger partial charge in [0.25, 0.3) is 0 Å². The lowest BCUT2D eigenvalue weighted by atomic mass is 9.89. The molecule has 2 bridgehead atoms. The Morgan fingerprint density at radius 1 is 1.00 bits per heavy atom. The van der Waals surface area contributed by atoms with Crippen molar-refractivity contribution in [3.8, 4) is 11.5 Å². The van der Waals surface area contributed by atoms with Crippen molar-refractivity contribution >= 4 is 11.6 Å². The van der Waals surface area contributed by atoms with Gasteiger partial charge < -0.3 is 34.3 Å². The summed E-state index contributed by atoms with van der Waals surface area (Å²) in [7, 11) is 0. The van der Waals surface area contributed by atoms with Gasteiger partial charge in [-0.2, -0.15) is 0 Å². The number of halogens is 1. The van der Waals surface area contributed by atoms with Gasteiger partial charge in [0.15, 0.2) is 0 Å². The van der Waals surface area contributed by atoms with Crippen LogP contribution in [0.3, 0.4) is 0 Å². The van der Waals surface area contributed by atoms with E-state index in [1.807, 2.05) is 37.3 Å². The van der Waals surface area contributed by atoms with E-state index in [2.05, 4.69) is 12.2 Å². The standard InChI is InChI=1S/C28H33ClO7/c1-2-34-20-8-6-16(7-9-20)10-19-11-21-23(12-22(19)29)35-14-18-5-3-4-17(18)13-33-15-24-25(30)26(31)27(32)28(21)36-24/h3,5-9,11-12,17-18,24-28,30-32H,2,4,10,13-15H2,1H3. The summed E-state index contributed by atoms with van der Waals surface area (Å²) >= 11 is 6.72. The molecule has 1 fully saturated rings. The molecule has 7 unspecified atom stereocenters. The average molecular weight is 517 g/mol. The van der Waals surface area contributed by atoms with Crippen LogP contribution in [0, 0.1) is 11.8 Å². The van der Waals surface area contributed by atoms with E-state index in [1.165, 1.54) is 0 Å². The van der Waals surface area contributed by atoms with E-state index < -0.39 is 30.5 Å². The predicted molar refractivity (Wildman–Crippen MR) is 135 cm³/mol. The molecule has 2 heterocycles. The first-order valence-electron chi connectivity index (χ1n) is 12.6. The number of rotatable bonds is 4. The van der Waals surface area contributed by atoms with Gasteiger partial charge in [-0.3, -0.25) is 0 Å². The minimum Gasteiger partial charge on any atom is -0.494 e. The first-order chi connectivity index (χ1) is 17.4. The molecular formula is C28H33ClO7. The zero-order chi connectivity index (χ0) is 25.2. The average Bonchev–Trinajstić information content (AvgIpc) is 3.32. The maximum atomic E-state index is 10.9. The summed E-state index contributed by atoms with van der Waals surface area (Å²) in [5.41, 5.74) is 2.46. The summed E-state index contributed by atoms with van der Waals surface area (Å²) in [5.74, 6) is 1.74. The van der Waals surface area contributed by atoms with Crippen molar-refractivity contribution in [3.05, 3.63) is 70.3 Å². The van der Waals surface area contributed by atoms with Gasteiger partial charge in [-0.1, -0.05) is 35.9 Å². The van der Waals surface area contributed by atoms with Gasteiger partial charge in [0, 0.05) is 16.5 Å². The minimum atomic E-state index is -1.39. The molecule has 36 heavy (non-hydrogen) atoms. The fraction of sp³-hybridized carbons (Fsp3) is 0.500. The first-order valence-corrected chi connectivity index (χ1v) is 12.9. The highest BCUT2D eigenvalue weighted by atomic mass is 35.5. The van der Waals surface area contributed by atoms with Crippen molar-refractivity contribution in [1.29, 1.82) is 0 Å². The van der Waals surface area contributed by atoms with Gasteiger partial charge in [-0.05, 0) is 61.1 Å². The summed E-state index contributed by atoms with van der Waals surface area (Å²) in [5, 5.41) is 32.6. The second kappa shape index (κ2) is 11.1. The fourth-order valence-corrected chi connectivity index (χ4v) is 5.42. The molecule has 0 amide bonds. The summed E-state index contributed by atoms with van der Waals surface area (Å²) in [4.78, 5) is 0. The largest absolute Gasteiger partial charge is 0.494 e. The normalized spacial score (nSPS) is 32.0. The molecule has 2 aromatic rings. The van der Waals surface area contributed by atoms with Crippen LogP contribution in [0.1, 0.15) is 36.1 Å². The molecule has 0 aromatic heterocycles. The molecule has 5 rings (SSSR count). The van der Waals surface area contributed by atoms with Gasteiger partial charge >= 0.3 is 0 Å². The van der Waals surface area contributed by atoms with Crippen LogP contribution >= 0.6 is 11.6 Å². The number of aliphatic hydroxyl groups excluding tert-OH is 3. The Labute approximate surface area is 216 Å². The van der Waals surface area contributed by atoms with E-state index in [0.29, 0.717) is 42.6 Å². The van der Waals surface area contributed by atoms with Gasteiger partial charge in [0.05, 0.1) is 26.4 Å². The third-order valence-corrected chi connectivity index (χ3v) is 7.65. The van der Waals surface area contributed by atoms with Gasteiger partial charge in [-0.15, -0.1) is 0 Å². The van der Waals surface area contributed by atoms with E-state index in [1.54, 1.807) is 6.07 Å². The number of hydrogen-bond donors (Lipinski definition) is 3. The Kier molecular flexibility index (Phi) is 7.86. The van der Waals surface area contributed by atoms with Crippen LogP contribution in [0.2, 0.25) is 5.02 Å². The molecule has 2 aliphatic heterocycles. The van der Waals surface area contributed by atoms with Crippen molar-refractivity contribution in [3.63, 3.8) is 0 Å². The highest BCUT2D eigenvalue weighted by Crippen LogP contribution is 2.41. The molecule has 0 saturated carbocycles. The summed E-state index contributed by atoms with van der Waals surface area (Å²) in [6.07, 6.45) is -0.000887. The van der Waals surface area contributed by atoms with Crippen LogP contribution in [-0.2, 0) is 15.9 Å². The number of ether oxygens (including phenoxy) is 4. The topological polar surface area (TPSA) is 97.6 Å². The molecular weight excluding hydrogens is 484 g/mol. The monoisotopic (exact) mass is 516 g/mol. The molecule has 1 aliphatic carbocycles. The third kappa shape index (κ3) is 5.28. The van der Waals surface area contributed by atoms with E-state index in [0.717, 1.165) is 23.3 Å². The van der Waals surface area contributed by atoms with Gasteiger partial charge in [0.1, 0.15) is 42.0 Å². The van der Waals surface area contributed by atoms with Crippen molar-refractivity contribution in [2.75, 3.05) is 26.4 Å². The van der Waals surface area contributed by atoms with Gasteiger partial charge in [-0.25, -0.2) is 0 Å². The van der Waals surface area contributed by atoms with E-state index in [4.69, 9.17) is 30.5 Å². The Bertz CT molecular complexity index is 1070. The van der Waals surface area contributed by atoms with Crippen molar-refractivity contribution in [2.24, 2.45) is 11.8 Å². The Hall–Kier alpha value is -2.13. The van der Waals surface area contributed by atoms with Crippen LogP contribution in [0.15, 0.2) is 48.6 Å². The zero-order valence-corrected chi connectivity index (χ0v) is 21.0. The zero-order valence-electron chi connectivity index (χ0n) is 20.3. The SMILES string of the molecule is CCOc1ccc(Cc2cc3c(cc2Cl)OCC2C=CCC2COCC2OC3C(O)C(O)C2O)cc1. The molecule has 0 spiro atoms. The lowest BCUT2D eigenvalue weighted by molar-refractivity contribution is -0.236. The van der Waals surface area contributed by atoms with E-state index in [9.17, 15) is 15.3 Å². The summed E-state index contributed by atoms with van der Waals surface area (Å²) < 4.78 is 23.8. The molecule has 7 nitrogen and oxygen atoms in total. The van der Waals surface area contributed by atoms with E-state index >= 15 is 0 Å². The van der Waals surface area contributed by atoms with Crippen molar-refractivity contribution in [2.45, 2.75) is 50.3 Å². The van der Waals surface area contributed by atoms with Crippen LogP contribution in [0.5, 0.6) is 11.5 Å². The molecule has 194 valence electrons. The van der Waals surface area contributed by atoms with Crippen LogP contribution in [0.4, 0.5) is 0 Å². The van der Waals surface area contributed by atoms with Crippen molar-refractivity contribution < 1.29 is 34.3 Å². The maximum Gasteiger partial charge on any atom is 0.126 e. The molecule has 8 heteroatoms. The number of aliphatic hydroxyl groups is 3. The molecule has 1 saturated heterocycles. The molecule has 2 aromatic carbocycles. The molecule has 7 atom stereocenters. The van der Waals surface area contributed by atoms with Crippen LogP contribution in [0.25, 0.3) is 0 Å². The Morgan fingerprint density at radius 2 is 1.81 bits per heavy atom. The highest BCUT2D eigenvalue weighted by Gasteiger charge is 2.45. The highest BCUT2D eigenvalue weighted by molar-refractivity contribution is 6.31. The van der Waals surface area contributed by atoms with E-state index in [-0.39, 0.29) is 18.4 Å². The van der Waals surface area contributed by atoms with Crippen LogP contribution < -0.4 is 9.47 Å². The number of fused-ring (bicyclic) bond motifs is 5. The third-order valence-electron chi connectivity index (χ3n) is 7.30. The van der Waals surface area contributed by atoms with Crippen LogP contribution in [-0.4, -0.2) is 66.2 Å². The minimum absolute atomic E-state index is 0.119. The second-order valence-corrected chi connectivity index (χ2v) is 10.1. The first kappa shape index (κ1) is 25.5. The number of benzene rings is 2. The number of allylic oxidation sites excluding steroid dienone is 1. The number of hydrogen-bond acceptors (Lipinski definition) is 7. The quantitative estimate of drug-likeness (QED) is 0.535. The Morgan fingerprint density at radius 3 is 2.58 bits per heavy atom. The second-order valence-electron chi connectivity index (χ2n) is 9.74. The summed E-state index contributed by atoms with van der Waals surface area (Å²) in [6, 6.07) is 11.5. The molecule has 3 aliphatic rings. The molecule has 3 N–H and O–H groups in total. The predicted octanol–water partition coefficient (Wildman–Crippen LogP) is 3.45. The van der Waals surface area contributed by atoms with Crippen molar-refractivity contribution in [1.82, 2.24) is 0 Å². The van der Waals surface area contributed by atoms with Gasteiger partial charge in [0.2, 0.25) is 0 Å². The maximum absolute atomic E-state index is 10.9. The lowest BCUT2D eigenvalue weighted by Crippen LogP contribution is -2.55. The Balaban J connectivity index is 1.50. The lowest BCUT2D eigenvalue weighted by Gasteiger charge is -2.41. The molecule has 0 radical (unpaired) electrons. The fourth-order valence-electron chi connectivity index (χ4n) is 5.20.